The molecule has 1 heterocycles. The Labute approximate surface area is 114 Å². The van der Waals surface area contributed by atoms with Crippen molar-refractivity contribution in [3.05, 3.63) is 23.8 Å². The van der Waals surface area contributed by atoms with Gasteiger partial charge in [0.25, 0.3) is 5.91 Å². The van der Waals surface area contributed by atoms with Crippen LogP contribution < -0.4 is 10.5 Å². The maximum absolute atomic E-state index is 12.6. The average Bonchev–Trinajstić information content (AvgIpc) is 2.62. The molecule has 1 unspecified atom stereocenters. The summed E-state index contributed by atoms with van der Waals surface area (Å²) in [5, 5.41) is 0. The van der Waals surface area contributed by atoms with E-state index in [9.17, 15) is 4.79 Å². The summed E-state index contributed by atoms with van der Waals surface area (Å²) in [6.45, 7) is 3.88. The third-order valence-corrected chi connectivity index (χ3v) is 3.76. The van der Waals surface area contributed by atoms with Crippen molar-refractivity contribution in [3.63, 3.8) is 0 Å². The minimum absolute atomic E-state index is 0.0262. The SMILES string of the molecule is COc1ccc(N)cc1C(=O)N1CCCC(C)CC1. The Balaban J connectivity index is 2.21. The van der Waals surface area contributed by atoms with E-state index in [1.54, 1.807) is 25.3 Å². The number of carbonyl (C=O) groups is 1. The molecule has 1 aromatic carbocycles. The molecule has 1 aliphatic heterocycles. The number of rotatable bonds is 2. The maximum Gasteiger partial charge on any atom is 0.257 e. The van der Waals surface area contributed by atoms with E-state index in [1.807, 2.05) is 4.90 Å². The van der Waals surface area contributed by atoms with Crippen LogP contribution in [0.25, 0.3) is 0 Å². The smallest absolute Gasteiger partial charge is 0.257 e. The minimum Gasteiger partial charge on any atom is -0.496 e. The van der Waals surface area contributed by atoms with E-state index < -0.39 is 0 Å². The van der Waals surface area contributed by atoms with Gasteiger partial charge in [0.05, 0.1) is 12.7 Å². The second-order valence-electron chi connectivity index (χ2n) is 5.29. The number of ether oxygens (including phenoxy) is 1. The first-order valence-corrected chi connectivity index (χ1v) is 6.84. The molecule has 4 heteroatoms. The highest BCUT2D eigenvalue weighted by Gasteiger charge is 2.22. The number of carbonyl (C=O) groups excluding carboxylic acids is 1. The van der Waals surface area contributed by atoms with E-state index in [4.69, 9.17) is 10.5 Å². The number of hydrogen-bond acceptors (Lipinski definition) is 3. The number of anilines is 1. The first-order chi connectivity index (χ1) is 9.11. The van der Waals surface area contributed by atoms with E-state index in [-0.39, 0.29) is 5.91 Å². The Hall–Kier alpha value is -1.71. The molecule has 1 atom stereocenters. The van der Waals surface area contributed by atoms with Gasteiger partial charge in [0.15, 0.2) is 0 Å². The molecule has 1 saturated heterocycles. The van der Waals surface area contributed by atoms with Gasteiger partial charge in [0, 0.05) is 18.8 Å². The summed E-state index contributed by atoms with van der Waals surface area (Å²) in [6, 6.07) is 5.21. The fourth-order valence-electron chi connectivity index (χ4n) is 2.53. The lowest BCUT2D eigenvalue weighted by Gasteiger charge is -2.21. The van der Waals surface area contributed by atoms with Crippen LogP contribution in [0.1, 0.15) is 36.5 Å². The highest BCUT2D eigenvalue weighted by atomic mass is 16.5. The monoisotopic (exact) mass is 262 g/mol. The fraction of sp³-hybridized carbons (Fsp3) is 0.533. The molecule has 0 bridgehead atoms. The fourth-order valence-corrected chi connectivity index (χ4v) is 2.53. The molecule has 1 amide bonds. The van der Waals surface area contributed by atoms with Crippen LogP contribution in [-0.2, 0) is 0 Å². The molecule has 0 aliphatic carbocycles. The van der Waals surface area contributed by atoms with Crippen LogP contribution >= 0.6 is 0 Å². The second-order valence-corrected chi connectivity index (χ2v) is 5.29. The first kappa shape index (κ1) is 13.7. The standard InChI is InChI=1S/C15H22N2O2/c1-11-4-3-8-17(9-7-11)15(18)13-10-12(16)5-6-14(13)19-2/h5-6,10-11H,3-4,7-9,16H2,1-2H3. The Morgan fingerprint density at radius 3 is 2.89 bits per heavy atom. The van der Waals surface area contributed by atoms with Crippen molar-refractivity contribution < 1.29 is 9.53 Å². The van der Waals surface area contributed by atoms with Crippen molar-refractivity contribution in [1.82, 2.24) is 4.90 Å². The van der Waals surface area contributed by atoms with Gasteiger partial charge in [-0.05, 0) is 43.4 Å². The Bertz CT molecular complexity index is 459. The number of nitrogens with two attached hydrogens (primary N) is 1. The summed E-state index contributed by atoms with van der Waals surface area (Å²) < 4.78 is 5.26. The third-order valence-electron chi connectivity index (χ3n) is 3.76. The zero-order valence-electron chi connectivity index (χ0n) is 11.7. The summed E-state index contributed by atoms with van der Waals surface area (Å²) in [6.07, 6.45) is 3.33. The van der Waals surface area contributed by atoms with Gasteiger partial charge in [-0.15, -0.1) is 0 Å². The van der Waals surface area contributed by atoms with Crippen molar-refractivity contribution in [2.45, 2.75) is 26.2 Å². The molecule has 0 radical (unpaired) electrons. The van der Waals surface area contributed by atoms with Crippen LogP contribution in [0.3, 0.4) is 0 Å². The summed E-state index contributed by atoms with van der Waals surface area (Å²) in [7, 11) is 1.58. The third kappa shape index (κ3) is 3.19. The van der Waals surface area contributed by atoms with Crippen LogP contribution in [0.4, 0.5) is 5.69 Å². The molecule has 4 nitrogen and oxygen atoms in total. The first-order valence-electron chi connectivity index (χ1n) is 6.84. The molecule has 1 aliphatic rings. The van der Waals surface area contributed by atoms with Crippen LogP contribution in [0.2, 0.25) is 0 Å². The predicted molar refractivity (Wildman–Crippen MR) is 76.3 cm³/mol. The number of hydrogen-bond donors (Lipinski definition) is 1. The predicted octanol–water partition coefficient (Wildman–Crippen LogP) is 2.54. The minimum atomic E-state index is 0.0262. The van der Waals surface area contributed by atoms with Gasteiger partial charge in [0.2, 0.25) is 0 Å². The van der Waals surface area contributed by atoms with Crippen LogP contribution in [0.15, 0.2) is 18.2 Å². The largest absolute Gasteiger partial charge is 0.496 e. The molecule has 2 rings (SSSR count). The molecule has 2 N–H and O–H groups in total. The van der Waals surface area contributed by atoms with E-state index >= 15 is 0 Å². The number of likely N-dealkylation sites (tertiary alicyclic amines) is 1. The molecular weight excluding hydrogens is 240 g/mol. The van der Waals surface area contributed by atoms with Gasteiger partial charge in [-0.3, -0.25) is 4.79 Å². The van der Waals surface area contributed by atoms with E-state index in [0.717, 1.165) is 25.9 Å². The molecule has 1 fully saturated rings. The van der Waals surface area contributed by atoms with E-state index in [2.05, 4.69) is 6.92 Å². The summed E-state index contributed by atoms with van der Waals surface area (Å²) in [5.74, 6) is 1.32. The van der Waals surface area contributed by atoms with Crippen molar-refractivity contribution in [2.24, 2.45) is 5.92 Å². The van der Waals surface area contributed by atoms with Crippen molar-refractivity contribution >= 4 is 11.6 Å². The number of benzene rings is 1. The quantitative estimate of drug-likeness (QED) is 0.833. The normalized spacial score (nSPS) is 19.9. The lowest BCUT2D eigenvalue weighted by atomic mass is 10.0. The maximum atomic E-state index is 12.6. The van der Waals surface area contributed by atoms with Gasteiger partial charge in [-0.25, -0.2) is 0 Å². The molecule has 1 aromatic rings. The lowest BCUT2D eigenvalue weighted by molar-refractivity contribution is 0.0757. The van der Waals surface area contributed by atoms with Crippen molar-refractivity contribution in [1.29, 1.82) is 0 Å². The van der Waals surface area contributed by atoms with Gasteiger partial charge in [-0.2, -0.15) is 0 Å². The van der Waals surface area contributed by atoms with E-state index in [1.165, 1.54) is 6.42 Å². The highest BCUT2D eigenvalue weighted by Crippen LogP contribution is 2.25. The van der Waals surface area contributed by atoms with Gasteiger partial charge < -0.3 is 15.4 Å². The number of amides is 1. The van der Waals surface area contributed by atoms with Crippen LogP contribution in [0, 0.1) is 5.92 Å². The van der Waals surface area contributed by atoms with Crippen molar-refractivity contribution in [2.75, 3.05) is 25.9 Å². The Morgan fingerprint density at radius 2 is 2.16 bits per heavy atom. The summed E-state index contributed by atoms with van der Waals surface area (Å²) >= 11 is 0. The van der Waals surface area contributed by atoms with Gasteiger partial charge in [-0.1, -0.05) is 6.92 Å². The zero-order valence-corrected chi connectivity index (χ0v) is 11.7. The molecule has 19 heavy (non-hydrogen) atoms. The molecule has 0 saturated carbocycles. The number of nitrogens with zero attached hydrogens (tertiary/aromatic N) is 1. The highest BCUT2D eigenvalue weighted by molar-refractivity contribution is 5.97. The van der Waals surface area contributed by atoms with Crippen LogP contribution in [0.5, 0.6) is 5.75 Å². The number of nitrogen functional groups attached to an aromatic ring is 1. The lowest BCUT2D eigenvalue weighted by Crippen LogP contribution is -2.32. The second kappa shape index (κ2) is 5.95. The summed E-state index contributed by atoms with van der Waals surface area (Å²) in [4.78, 5) is 14.5. The number of methoxy groups -OCH3 is 1. The topological polar surface area (TPSA) is 55.6 Å². The molecule has 0 aromatic heterocycles. The average molecular weight is 262 g/mol. The van der Waals surface area contributed by atoms with E-state index in [0.29, 0.717) is 22.9 Å². The Morgan fingerprint density at radius 1 is 1.37 bits per heavy atom. The molecule has 104 valence electrons. The Kier molecular flexibility index (Phi) is 4.30. The summed E-state index contributed by atoms with van der Waals surface area (Å²) in [5.41, 5.74) is 6.93. The van der Waals surface area contributed by atoms with Crippen LogP contribution in [-0.4, -0.2) is 31.0 Å². The molecule has 0 spiro atoms. The zero-order chi connectivity index (χ0) is 13.8. The van der Waals surface area contributed by atoms with Gasteiger partial charge >= 0.3 is 0 Å². The van der Waals surface area contributed by atoms with Crippen molar-refractivity contribution in [3.8, 4) is 5.75 Å². The van der Waals surface area contributed by atoms with Gasteiger partial charge in [0.1, 0.15) is 5.75 Å². The molecular formula is C15H22N2O2.